The van der Waals surface area contributed by atoms with Gasteiger partial charge in [0.25, 0.3) is 0 Å². The van der Waals surface area contributed by atoms with Crippen LogP contribution < -0.4 is 11.1 Å². The fourth-order valence-electron chi connectivity index (χ4n) is 2.51. The van der Waals surface area contributed by atoms with E-state index in [1.165, 1.54) is 7.11 Å². The van der Waals surface area contributed by atoms with E-state index in [0.717, 1.165) is 19.3 Å². The molecular weight excluding hydrogens is 298 g/mol. The van der Waals surface area contributed by atoms with E-state index in [1.807, 2.05) is 0 Å². The first-order valence-corrected chi connectivity index (χ1v) is 6.63. The molecule has 0 aromatic carbocycles. The second-order valence-corrected chi connectivity index (χ2v) is 4.88. The Hall–Kier alpha value is -1.67. The van der Waals surface area contributed by atoms with E-state index in [1.54, 1.807) is 0 Å². The van der Waals surface area contributed by atoms with Crippen molar-refractivity contribution < 1.29 is 14.3 Å². The Morgan fingerprint density at radius 2 is 2.24 bits per heavy atom. The van der Waals surface area contributed by atoms with Crippen LogP contribution in [0.5, 0.6) is 0 Å². The lowest BCUT2D eigenvalue weighted by Crippen LogP contribution is -2.30. The number of hydrogen-bond acceptors (Lipinski definition) is 6. The number of ether oxygens (including phenoxy) is 1. The van der Waals surface area contributed by atoms with Crippen LogP contribution in [0.3, 0.4) is 0 Å². The summed E-state index contributed by atoms with van der Waals surface area (Å²) < 4.78 is 4.53. The number of carbonyl (C=O) groups excluding carboxylic acids is 2. The van der Waals surface area contributed by atoms with Crippen LogP contribution in [0.1, 0.15) is 25.1 Å². The van der Waals surface area contributed by atoms with Gasteiger partial charge in [-0.15, -0.1) is 17.5 Å². The van der Waals surface area contributed by atoms with Crippen LogP contribution >= 0.6 is 12.4 Å². The van der Waals surface area contributed by atoms with E-state index < -0.39 is 5.97 Å². The van der Waals surface area contributed by atoms with Crippen molar-refractivity contribution in [3.8, 4) is 0 Å². The lowest BCUT2D eigenvalue weighted by atomic mass is 9.95. The molecule has 0 radical (unpaired) electrons. The van der Waals surface area contributed by atoms with Crippen molar-refractivity contribution >= 4 is 30.2 Å². The molecule has 1 aromatic heterocycles. The van der Waals surface area contributed by atoms with Gasteiger partial charge < -0.3 is 10.5 Å². The summed E-state index contributed by atoms with van der Waals surface area (Å²) in [4.78, 5) is 27.2. The van der Waals surface area contributed by atoms with Gasteiger partial charge in [0.1, 0.15) is 12.2 Å². The van der Waals surface area contributed by atoms with Gasteiger partial charge in [0.2, 0.25) is 11.9 Å². The number of aromatic amines is 1. The number of aromatic nitrogens is 3. The fourth-order valence-corrected chi connectivity index (χ4v) is 2.51. The Morgan fingerprint density at radius 1 is 1.48 bits per heavy atom. The van der Waals surface area contributed by atoms with Crippen molar-refractivity contribution in [3.63, 3.8) is 0 Å². The molecule has 1 aliphatic carbocycles. The summed E-state index contributed by atoms with van der Waals surface area (Å²) in [7, 11) is 1.30. The first-order valence-electron chi connectivity index (χ1n) is 6.63. The van der Waals surface area contributed by atoms with Crippen molar-refractivity contribution in [3.05, 3.63) is 5.82 Å². The van der Waals surface area contributed by atoms with Gasteiger partial charge in [-0.25, -0.2) is 0 Å². The topological polar surface area (TPSA) is 123 Å². The number of hydrogen-bond donors (Lipinski definition) is 3. The average Bonchev–Trinajstić information content (AvgIpc) is 3.07. The summed E-state index contributed by atoms with van der Waals surface area (Å²) in [5.74, 6) is 0.149. The number of H-pyrrole nitrogens is 1. The highest BCUT2D eigenvalue weighted by Gasteiger charge is 2.32. The van der Waals surface area contributed by atoms with Gasteiger partial charge in [0.15, 0.2) is 0 Å². The molecule has 9 heteroatoms. The van der Waals surface area contributed by atoms with Crippen LogP contribution in [0.2, 0.25) is 0 Å². The Bertz CT molecular complexity index is 493. The van der Waals surface area contributed by atoms with E-state index in [4.69, 9.17) is 5.73 Å². The van der Waals surface area contributed by atoms with Gasteiger partial charge in [0.05, 0.1) is 7.11 Å². The molecule has 1 heterocycles. The largest absolute Gasteiger partial charge is 0.469 e. The Morgan fingerprint density at radius 3 is 2.90 bits per heavy atom. The lowest BCUT2D eigenvalue weighted by molar-refractivity contribution is -0.139. The molecular formula is C12H20ClN5O3. The molecule has 0 spiro atoms. The third-order valence-corrected chi connectivity index (χ3v) is 3.60. The maximum absolute atomic E-state index is 12.1. The predicted molar refractivity (Wildman–Crippen MR) is 77.9 cm³/mol. The van der Waals surface area contributed by atoms with E-state index >= 15 is 0 Å². The van der Waals surface area contributed by atoms with Gasteiger partial charge in [-0.05, 0) is 25.3 Å². The van der Waals surface area contributed by atoms with Crippen molar-refractivity contribution in [1.29, 1.82) is 0 Å². The van der Waals surface area contributed by atoms with Crippen LogP contribution in [0.25, 0.3) is 0 Å². The van der Waals surface area contributed by atoms with E-state index in [9.17, 15) is 9.59 Å². The Labute approximate surface area is 128 Å². The molecule has 1 aromatic rings. The lowest BCUT2D eigenvalue weighted by Gasteiger charge is -2.15. The van der Waals surface area contributed by atoms with Crippen LogP contribution in [0.15, 0.2) is 0 Å². The molecule has 1 saturated carbocycles. The average molecular weight is 318 g/mol. The number of nitrogens with two attached hydrogens (primary N) is 1. The molecule has 21 heavy (non-hydrogen) atoms. The summed E-state index contributed by atoms with van der Waals surface area (Å²) in [6.45, 7) is 0.514. The zero-order valence-corrected chi connectivity index (χ0v) is 12.6. The van der Waals surface area contributed by atoms with E-state index in [-0.39, 0.29) is 42.5 Å². The minimum absolute atomic E-state index is 0. The molecule has 118 valence electrons. The number of methoxy groups -OCH3 is 1. The first kappa shape index (κ1) is 17.4. The Balaban J connectivity index is 0.00000220. The second-order valence-electron chi connectivity index (χ2n) is 4.88. The molecule has 2 atom stereocenters. The van der Waals surface area contributed by atoms with Crippen LogP contribution in [0.4, 0.5) is 5.95 Å². The van der Waals surface area contributed by atoms with Crippen LogP contribution in [-0.4, -0.2) is 40.7 Å². The van der Waals surface area contributed by atoms with Gasteiger partial charge in [-0.1, -0.05) is 6.42 Å². The molecule has 2 rings (SSSR count). The van der Waals surface area contributed by atoms with Crippen molar-refractivity contribution in [2.24, 2.45) is 17.6 Å². The number of rotatable bonds is 5. The van der Waals surface area contributed by atoms with Crippen molar-refractivity contribution in [1.82, 2.24) is 15.2 Å². The molecule has 0 bridgehead atoms. The van der Waals surface area contributed by atoms with Crippen molar-refractivity contribution in [2.45, 2.75) is 25.7 Å². The van der Waals surface area contributed by atoms with Gasteiger partial charge in [0, 0.05) is 5.92 Å². The van der Waals surface area contributed by atoms with Gasteiger partial charge >= 0.3 is 5.97 Å². The maximum Gasteiger partial charge on any atom is 0.313 e. The highest BCUT2D eigenvalue weighted by Crippen LogP contribution is 2.31. The van der Waals surface area contributed by atoms with Gasteiger partial charge in [-0.3, -0.25) is 20.0 Å². The third-order valence-electron chi connectivity index (χ3n) is 3.60. The first-order chi connectivity index (χ1) is 9.63. The maximum atomic E-state index is 12.1. The number of amides is 1. The number of esters is 1. The zero-order chi connectivity index (χ0) is 14.5. The van der Waals surface area contributed by atoms with Crippen LogP contribution in [-0.2, 0) is 20.7 Å². The molecule has 1 aliphatic rings. The minimum atomic E-state index is -0.419. The monoisotopic (exact) mass is 317 g/mol. The summed E-state index contributed by atoms with van der Waals surface area (Å²) in [6.07, 6.45) is 2.83. The van der Waals surface area contributed by atoms with Crippen molar-refractivity contribution in [2.75, 3.05) is 19.0 Å². The number of anilines is 1. The number of halogens is 1. The minimum Gasteiger partial charge on any atom is -0.469 e. The van der Waals surface area contributed by atoms with E-state index in [0.29, 0.717) is 12.4 Å². The number of nitrogens with zero attached hydrogens (tertiary/aromatic N) is 2. The standard InChI is InChI=1S/C12H19N5O3.ClH/c1-20-10(18)5-9-14-12(17-16-9)15-11(19)8-4-2-3-7(8)6-13;/h7-8H,2-6,13H2,1H3,(H2,14,15,16,17,19);1H/t7-,8-;/m1./s1. The third kappa shape index (κ3) is 4.40. The number of nitrogens with one attached hydrogen (secondary N) is 2. The highest BCUT2D eigenvalue weighted by atomic mass is 35.5. The molecule has 0 saturated heterocycles. The normalized spacial score (nSPS) is 20.7. The SMILES string of the molecule is COC(=O)Cc1nc(NC(=O)[C@@H]2CCC[C@@H]2CN)n[nH]1.Cl. The molecule has 1 fully saturated rings. The zero-order valence-electron chi connectivity index (χ0n) is 11.8. The summed E-state index contributed by atoms with van der Waals surface area (Å²) in [5, 5.41) is 9.11. The second kappa shape index (κ2) is 7.94. The summed E-state index contributed by atoms with van der Waals surface area (Å²) in [6, 6.07) is 0. The molecule has 1 amide bonds. The predicted octanol–water partition coefficient (Wildman–Crippen LogP) is 0.255. The molecule has 8 nitrogen and oxygen atoms in total. The quantitative estimate of drug-likeness (QED) is 0.669. The molecule has 0 aliphatic heterocycles. The van der Waals surface area contributed by atoms with Crippen LogP contribution in [0, 0.1) is 11.8 Å². The number of carbonyl (C=O) groups is 2. The van der Waals surface area contributed by atoms with E-state index in [2.05, 4.69) is 25.2 Å². The highest BCUT2D eigenvalue weighted by molar-refractivity contribution is 5.91. The fraction of sp³-hybridized carbons (Fsp3) is 0.667. The smallest absolute Gasteiger partial charge is 0.313 e. The summed E-state index contributed by atoms with van der Waals surface area (Å²) >= 11 is 0. The molecule has 0 unspecified atom stereocenters. The Kier molecular flexibility index (Phi) is 6.57. The van der Waals surface area contributed by atoms with Gasteiger partial charge in [-0.2, -0.15) is 4.98 Å². The summed E-state index contributed by atoms with van der Waals surface area (Å²) in [5.41, 5.74) is 5.66. The molecule has 4 N–H and O–H groups in total.